The monoisotopic (exact) mass is 534 g/mol. The van der Waals surface area contributed by atoms with E-state index in [1.807, 2.05) is 0 Å². The average molecular weight is 535 g/mol. The number of aliphatic hydroxyl groups is 1. The second kappa shape index (κ2) is 12.8. The van der Waals surface area contributed by atoms with Crippen molar-refractivity contribution in [3.63, 3.8) is 0 Å². The quantitative estimate of drug-likeness (QED) is 0.422. The molecule has 1 atom stereocenters. The summed E-state index contributed by atoms with van der Waals surface area (Å²) >= 11 is 0. The molecule has 2 aliphatic rings. The number of hydrogen-bond acceptors (Lipinski definition) is 8. The van der Waals surface area contributed by atoms with Crippen LogP contribution in [0.25, 0.3) is 0 Å². The number of nitrogens with one attached hydrogen (secondary N) is 2. The van der Waals surface area contributed by atoms with E-state index in [2.05, 4.69) is 30.3 Å². The summed E-state index contributed by atoms with van der Waals surface area (Å²) in [6.07, 6.45) is 6.06. The Balaban J connectivity index is 1.46. The minimum absolute atomic E-state index is 0.118. The second-order valence-electron chi connectivity index (χ2n) is 9.28. The Labute approximate surface area is 217 Å². The van der Waals surface area contributed by atoms with Crippen molar-refractivity contribution in [2.75, 3.05) is 25.0 Å². The van der Waals surface area contributed by atoms with Gasteiger partial charge in [-0.2, -0.15) is 13.8 Å². The number of hydrogen-bond donors (Lipinski definition) is 3. The Bertz CT molecular complexity index is 1140. The third kappa shape index (κ3) is 7.71. The Morgan fingerprint density at radius 2 is 1.92 bits per heavy atom. The van der Waals surface area contributed by atoms with Gasteiger partial charge in [0, 0.05) is 37.2 Å². The van der Waals surface area contributed by atoms with Crippen LogP contribution in [-0.2, 0) is 9.53 Å². The number of nitrogens with zero attached hydrogens (tertiary/aromatic N) is 4. The van der Waals surface area contributed by atoms with E-state index >= 15 is 0 Å². The molecule has 1 saturated heterocycles. The van der Waals surface area contributed by atoms with Crippen molar-refractivity contribution >= 4 is 35.5 Å². The van der Waals surface area contributed by atoms with E-state index in [-0.39, 0.29) is 41.7 Å². The summed E-state index contributed by atoms with van der Waals surface area (Å²) in [4.78, 5) is 39.6. The van der Waals surface area contributed by atoms with Crippen molar-refractivity contribution in [1.82, 2.24) is 20.2 Å². The van der Waals surface area contributed by atoms with Crippen molar-refractivity contribution in [3.05, 3.63) is 41.8 Å². The number of aliphatic imine (C=N–C) groups is 1. The van der Waals surface area contributed by atoms with Gasteiger partial charge in [0.05, 0.1) is 6.10 Å². The van der Waals surface area contributed by atoms with Crippen molar-refractivity contribution in [2.24, 2.45) is 10.9 Å². The molecule has 3 N–H and O–H groups in total. The lowest BCUT2D eigenvalue weighted by Crippen LogP contribution is -2.39. The number of carbonyl (C=O) groups excluding carboxylic acids is 2. The van der Waals surface area contributed by atoms with Gasteiger partial charge in [-0.3, -0.25) is 9.59 Å². The molecule has 38 heavy (non-hydrogen) atoms. The maximum absolute atomic E-state index is 13.2. The van der Waals surface area contributed by atoms with Crippen LogP contribution >= 0.6 is 0 Å². The minimum atomic E-state index is -3.03. The summed E-state index contributed by atoms with van der Waals surface area (Å²) in [6, 6.07) is 5.22. The van der Waals surface area contributed by atoms with Gasteiger partial charge in [-0.25, -0.2) is 14.4 Å². The predicted molar refractivity (Wildman–Crippen MR) is 132 cm³/mol. The molecule has 13 heteroatoms. The Hall–Kier alpha value is -3.58. The molecule has 1 aliphatic heterocycles. The fourth-order valence-electron chi connectivity index (χ4n) is 4.37. The molecule has 2 heterocycles. The first-order valence-corrected chi connectivity index (χ1v) is 12.4. The zero-order valence-electron chi connectivity index (χ0n) is 20.5. The summed E-state index contributed by atoms with van der Waals surface area (Å²) in [5.41, 5.74) is 0.666. The number of amides is 2. The predicted octanol–water partition coefficient (Wildman–Crippen LogP) is 3.18. The molecular weight excluding hydrogens is 505 g/mol. The Morgan fingerprint density at radius 3 is 2.63 bits per heavy atom. The SMILES string of the molecule is O=C(N[C@H]1CCN(C(=O)COC(F)F)C1)c1cnc(Nc2ccc(F)cc2)nc1N=CC1CCC(O)CC1. The van der Waals surface area contributed by atoms with Crippen molar-refractivity contribution in [1.29, 1.82) is 0 Å². The number of rotatable bonds is 9. The van der Waals surface area contributed by atoms with Crippen LogP contribution in [0.15, 0.2) is 35.5 Å². The molecule has 0 unspecified atom stereocenters. The molecule has 0 radical (unpaired) electrons. The highest BCUT2D eigenvalue weighted by molar-refractivity contribution is 5.98. The number of anilines is 2. The van der Waals surface area contributed by atoms with Crippen molar-refractivity contribution < 1.29 is 32.6 Å². The lowest BCUT2D eigenvalue weighted by atomic mass is 9.88. The Kier molecular flexibility index (Phi) is 9.24. The van der Waals surface area contributed by atoms with Gasteiger partial charge < -0.3 is 25.4 Å². The first-order chi connectivity index (χ1) is 18.3. The average Bonchev–Trinajstić information content (AvgIpc) is 3.37. The van der Waals surface area contributed by atoms with Crippen molar-refractivity contribution in [2.45, 2.75) is 50.9 Å². The zero-order chi connectivity index (χ0) is 27.1. The van der Waals surface area contributed by atoms with Crippen LogP contribution in [0.2, 0.25) is 0 Å². The van der Waals surface area contributed by atoms with Gasteiger partial charge >= 0.3 is 6.61 Å². The first kappa shape index (κ1) is 27.5. The fourth-order valence-corrected chi connectivity index (χ4v) is 4.37. The normalized spacial score (nSPS) is 21.7. The number of aromatic nitrogens is 2. The molecule has 204 valence electrons. The van der Waals surface area contributed by atoms with Gasteiger partial charge in [-0.05, 0) is 62.3 Å². The maximum Gasteiger partial charge on any atom is 0.345 e. The molecule has 4 rings (SSSR count). The topological polar surface area (TPSA) is 129 Å². The number of likely N-dealkylation sites (tertiary alicyclic amines) is 1. The number of halogens is 3. The summed E-state index contributed by atoms with van der Waals surface area (Å²) in [5, 5.41) is 15.5. The van der Waals surface area contributed by atoms with Crippen LogP contribution < -0.4 is 10.6 Å². The van der Waals surface area contributed by atoms with Crippen LogP contribution in [-0.4, -0.2) is 76.5 Å². The highest BCUT2D eigenvalue weighted by atomic mass is 19.3. The third-order valence-corrected chi connectivity index (χ3v) is 6.47. The van der Waals surface area contributed by atoms with E-state index in [1.54, 1.807) is 6.21 Å². The highest BCUT2D eigenvalue weighted by Crippen LogP contribution is 2.25. The largest absolute Gasteiger partial charge is 0.393 e. The standard InChI is InChI=1S/C25H29F3N6O4/c26-16-3-5-17(6-4-16)32-25-30-12-20(22(33-25)29-11-15-1-7-19(35)8-2-15)23(37)31-18-9-10-34(13-18)21(36)14-38-24(27)28/h3-6,11-12,15,18-19,24,35H,1-2,7-10,13-14H2,(H,31,37)(H,30,32,33)/t15?,18-,19?/m0/s1. The number of benzene rings is 1. The first-order valence-electron chi connectivity index (χ1n) is 12.4. The molecule has 1 aliphatic carbocycles. The van der Waals surface area contributed by atoms with Crippen molar-refractivity contribution in [3.8, 4) is 0 Å². The minimum Gasteiger partial charge on any atom is -0.393 e. The summed E-state index contributed by atoms with van der Waals surface area (Å²) < 4.78 is 41.8. The van der Waals surface area contributed by atoms with Crippen LogP contribution in [0.4, 0.5) is 30.6 Å². The smallest absolute Gasteiger partial charge is 0.345 e. The lowest BCUT2D eigenvalue weighted by Gasteiger charge is -2.22. The van der Waals surface area contributed by atoms with Crippen LogP contribution in [0.3, 0.4) is 0 Å². The fraction of sp³-hybridized carbons (Fsp3) is 0.480. The molecule has 1 aromatic carbocycles. The molecule has 2 fully saturated rings. The molecule has 2 amide bonds. The third-order valence-electron chi connectivity index (χ3n) is 6.47. The van der Waals surface area contributed by atoms with E-state index in [9.17, 15) is 27.9 Å². The summed E-state index contributed by atoms with van der Waals surface area (Å²) in [5.74, 6) is -1.04. The Morgan fingerprint density at radius 1 is 1.18 bits per heavy atom. The van der Waals surface area contributed by atoms with Gasteiger partial charge in [0.1, 0.15) is 18.0 Å². The second-order valence-corrected chi connectivity index (χ2v) is 9.28. The van der Waals surface area contributed by atoms with Crippen LogP contribution in [0.5, 0.6) is 0 Å². The van der Waals surface area contributed by atoms with Gasteiger partial charge in [0.25, 0.3) is 5.91 Å². The van der Waals surface area contributed by atoms with E-state index in [1.165, 1.54) is 35.4 Å². The molecule has 2 aromatic rings. The number of ether oxygens (including phenoxy) is 1. The maximum atomic E-state index is 13.2. The molecule has 1 aromatic heterocycles. The van der Waals surface area contributed by atoms with Gasteiger partial charge in [0.15, 0.2) is 5.82 Å². The molecule has 1 saturated carbocycles. The highest BCUT2D eigenvalue weighted by Gasteiger charge is 2.29. The lowest BCUT2D eigenvalue weighted by molar-refractivity contribution is -0.158. The summed E-state index contributed by atoms with van der Waals surface area (Å²) in [7, 11) is 0. The molecule has 10 nitrogen and oxygen atoms in total. The number of aliphatic hydroxyl groups excluding tert-OH is 1. The molecule has 0 bridgehead atoms. The van der Waals surface area contributed by atoms with E-state index in [0.717, 1.165) is 12.8 Å². The number of carbonyl (C=O) groups is 2. The van der Waals surface area contributed by atoms with Gasteiger partial charge in [-0.1, -0.05) is 0 Å². The van der Waals surface area contributed by atoms with Gasteiger partial charge in [0.2, 0.25) is 11.9 Å². The van der Waals surface area contributed by atoms with E-state index in [0.29, 0.717) is 31.5 Å². The van der Waals surface area contributed by atoms with E-state index < -0.39 is 31.1 Å². The van der Waals surface area contributed by atoms with Crippen LogP contribution in [0.1, 0.15) is 42.5 Å². The van der Waals surface area contributed by atoms with Gasteiger partial charge in [-0.15, -0.1) is 0 Å². The van der Waals surface area contributed by atoms with E-state index in [4.69, 9.17) is 0 Å². The van der Waals surface area contributed by atoms with Crippen LogP contribution in [0, 0.1) is 11.7 Å². The summed E-state index contributed by atoms with van der Waals surface area (Å²) in [6.45, 7) is -3.31. The molecule has 0 spiro atoms. The number of alkyl halides is 2. The zero-order valence-corrected chi connectivity index (χ0v) is 20.5. The molecular formula is C25H29F3N6O4.